The quantitative estimate of drug-likeness (QED) is 0.470. The van der Waals surface area contributed by atoms with Crippen LogP contribution in [0.2, 0.25) is 0 Å². The SMILES string of the molecule is COc1ccc(=NC(=O)OC(C)(C)C)[cH-]c1.[Li+]. The van der Waals surface area contributed by atoms with E-state index in [9.17, 15) is 4.79 Å². The molecule has 0 unspecified atom stereocenters. The first kappa shape index (κ1) is 15.9. The normalized spacial score (nSPS) is 10.1. The maximum Gasteiger partial charge on any atom is 1.00 e. The molecule has 0 aliphatic carbocycles. The number of hydrogen-bond acceptors (Lipinski definition) is 3. The fraction of sp³-hybridized carbons (Fsp3) is 0.417. The number of benzene rings is 1. The average molecular weight is 229 g/mol. The summed E-state index contributed by atoms with van der Waals surface area (Å²) < 4.78 is 10.1. The van der Waals surface area contributed by atoms with Crippen molar-refractivity contribution in [3.63, 3.8) is 0 Å². The topological polar surface area (TPSA) is 47.9 Å². The van der Waals surface area contributed by atoms with E-state index in [2.05, 4.69) is 4.99 Å². The predicted molar refractivity (Wildman–Crippen MR) is 60.4 cm³/mol. The first-order chi connectivity index (χ1) is 7.40. The number of amides is 1. The van der Waals surface area contributed by atoms with Crippen molar-refractivity contribution in [1.82, 2.24) is 0 Å². The minimum atomic E-state index is -0.585. The summed E-state index contributed by atoms with van der Waals surface area (Å²) in [7, 11) is 1.58. The molecular weight excluding hydrogens is 213 g/mol. The molecule has 0 bridgehead atoms. The molecule has 1 aromatic carbocycles. The zero-order valence-corrected chi connectivity index (χ0v) is 11.0. The van der Waals surface area contributed by atoms with E-state index in [0.717, 1.165) is 5.75 Å². The summed E-state index contributed by atoms with van der Waals surface area (Å²) in [5.74, 6) is 0.725. The van der Waals surface area contributed by atoms with Gasteiger partial charge in [0.2, 0.25) is 0 Å². The van der Waals surface area contributed by atoms with Gasteiger partial charge in [-0.05, 0) is 26.1 Å². The van der Waals surface area contributed by atoms with Crippen molar-refractivity contribution in [2.45, 2.75) is 26.4 Å². The zero-order chi connectivity index (χ0) is 12.2. The van der Waals surface area contributed by atoms with E-state index < -0.39 is 11.7 Å². The van der Waals surface area contributed by atoms with Gasteiger partial charge in [0.05, 0.1) is 7.11 Å². The van der Waals surface area contributed by atoms with Gasteiger partial charge >= 0.3 is 25.0 Å². The molecule has 17 heavy (non-hydrogen) atoms. The molecule has 88 valence electrons. The van der Waals surface area contributed by atoms with Gasteiger partial charge < -0.3 is 9.47 Å². The van der Waals surface area contributed by atoms with Gasteiger partial charge in [-0.2, -0.15) is 0 Å². The minimum Gasteiger partial charge on any atom is -0.554 e. The number of hydrogen-bond donors (Lipinski definition) is 0. The van der Waals surface area contributed by atoms with Crippen molar-refractivity contribution in [2.75, 3.05) is 7.11 Å². The van der Waals surface area contributed by atoms with Crippen LogP contribution in [0.1, 0.15) is 20.8 Å². The van der Waals surface area contributed by atoms with E-state index in [1.165, 1.54) is 0 Å². The van der Waals surface area contributed by atoms with Crippen LogP contribution in [0.5, 0.6) is 5.75 Å². The van der Waals surface area contributed by atoms with Gasteiger partial charge in [-0.15, -0.1) is 24.3 Å². The van der Waals surface area contributed by atoms with Gasteiger partial charge in [0.1, 0.15) is 5.60 Å². The van der Waals surface area contributed by atoms with E-state index in [1.807, 2.05) is 0 Å². The fourth-order valence-corrected chi connectivity index (χ4v) is 1.05. The minimum absolute atomic E-state index is 0. The molecule has 1 aromatic rings. The summed E-state index contributed by atoms with van der Waals surface area (Å²) in [4.78, 5) is 15.2. The molecule has 1 amide bonds. The van der Waals surface area contributed by atoms with Gasteiger partial charge in [0.15, 0.2) is 0 Å². The molecule has 5 heteroatoms. The van der Waals surface area contributed by atoms with E-state index in [-0.39, 0.29) is 18.9 Å². The second-order valence-corrected chi connectivity index (χ2v) is 4.29. The van der Waals surface area contributed by atoms with Crippen LogP contribution in [0.4, 0.5) is 4.79 Å². The van der Waals surface area contributed by atoms with Crippen LogP contribution in [0.3, 0.4) is 0 Å². The number of nitrogens with zero attached hydrogens (tertiary/aromatic N) is 1. The Morgan fingerprint density at radius 2 is 2.00 bits per heavy atom. The molecule has 0 saturated heterocycles. The van der Waals surface area contributed by atoms with Gasteiger partial charge in [-0.1, -0.05) is 0 Å². The fourth-order valence-electron chi connectivity index (χ4n) is 1.05. The van der Waals surface area contributed by atoms with Gasteiger partial charge in [0.25, 0.3) is 0 Å². The maximum atomic E-state index is 11.4. The summed E-state index contributed by atoms with van der Waals surface area (Å²) in [5, 5.41) is 0.551. The molecule has 0 heterocycles. The molecule has 1 rings (SSSR count). The zero-order valence-electron chi connectivity index (χ0n) is 11.0. The second kappa shape index (κ2) is 6.58. The Morgan fingerprint density at radius 1 is 1.35 bits per heavy atom. The largest absolute Gasteiger partial charge is 1.00 e. The molecule has 0 N–H and O–H groups in total. The molecular formula is C12H16LiNO3. The van der Waals surface area contributed by atoms with Crippen molar-refractivity contribution in [3.8, 4) is 5.75 Å². The summed E-state index contributed by atoms with van der Waals surface area (Å²) >= 11 is 0. The van der Waals surface area contributed by atoms with Crippen LogP contribution in [0, 0.1) is 0 Å². The van der Waals surface area contributed by atoms with Crippen molar-refractivity contribution in [1.29, 1.82) is 0 Å². The molecule has 0 aliphatic heterocycles. The molecule has 4 nitrogen and oxygen atoms in total. The van der Waals surface area contributed by atoms with Crippen LogP contribution in [-0.4, -0.2) is 18.8 Å². The molecule has 0 atom stereocenters. The molecule has 0 radical (unpaired) electrons. The number of carbonyl (C=O) groups excluding carboxylic acids is 1. The maximum absolute atomic E-state index is 11.4. The Hall–Kier alpha value is -1.11. The van der Waals surface area contributed by atoms with Crippen LogP contribution < -0.4 is 29.0 Å². The second-order valence-electron chi connectivity index (χ2n) is 4.29. The first-order valence-corrected chi connectivity index (χ1v) is 4.99. The van der Waals surface area contributed by atoms with Crippen molar-refractivity contribution >= 4 is 6.09 Å². The number of carbonyl (C=O) groups is 1. The van der Waals surface area contributed by atoms with E-state index in [0.29, 0.717) is 5.36 Å². The monoisotopic (exact) mass is 229 g/mol. The predicted octanol–water partition coefficient (Wildman–Crippen LogP) is -0.746. The van der Waals surface area contributed by atoms with Crippen LogP contribution in [0.25, 0.3) is 0 Å². The Bertz CT molecular complexity index is 412. The third kappa shape index (κ3) is 6.25. The Kier molecular flexibility index (Phi) is 6.15. The van der Waals surface area contributed by atoms with E-state index in [4.69, 9.17) is 9.47 Å². The molecule has 0 aromatic heterocycles. The van der Waals surface area contributed by atoms with Gasteiger partial charge in [-0.3, -0.25) is 0 Å². The Labute approximate surface area is 113 Å². The summed E-state index contributed by atoms with van der Waals surface area (Å²) in [5.41, 5.74) is -0.521. The average Bonchev–Trinajstić information content (AvgIpc) is 2.16. The van der Waals surface area contributed by atoms with Crippen LogP contribution in [0.15, 0.2) is 29.3 Å². The van der Waals surface area contributed by atoms with Crippen molar-refractivity contribution in [3.05, 3.63) is 29.6 Å². The molecule has 0 spiro atoms. The smallest absolute Gasteiger partial charge is 0.554 e. The molecule has 0 saturated carbocycles. The van der Waals surface area contributed by atoms with Crippen LogP contribution in [-0.2, 0) is 4.74 Å². The number of ether oxygens (including phenoxy) is 2. The first-order valence-electron chi connectivity index (χ1n) is 4.99. The Morgan fingerprint density at radius 3 is 2.41 bits per heavy atom. The molecule has 0 aliphatic rings. The van der Waals surface area contributed by atoms with Crippen molar-refractivity contribution in [2.24, 2.45) is 4.99 Å². The third-order valence-electron chi connectivity index (χ3n) is 1.69. The number of rotatable bonds is 1. The summed E-state index contributed by atoms with van der Waals surface area (Å²) in [6, 6.07) is 6.87. The summed E-state index contributed by atoms with van der Waals surface area (Å²) in [6.45, 7) is 5.40. The van der Waals surface area contributed by atoms with Crippen molar-refractivity contribution < 1.29 is 33.1 Å². The molecule has 0 fully saturated rings. The van der Waals surface area contributed by atoms with E-state index >= 15 is 0 Å². The van der Waals surface area contributed by atoms with Gasteiger partial charge in [-0.25, -0.2) is 9.79 Å². The Balaban J connectivity index is 0.00000256. The van der Waals surface area contributed by atoms with E-state index in [1.54, 1.807) is 52.1 Å². The third-order valence-corrected chi connectivity index (χ3v) is 1.69. The standard InChI is InChI=1S/C12H16NO3.Li/c1-12(2,3)16-11(14)13-9-5-7-10(15-4)8-6-9;/h5-8H,1-4H3;/q-1;+1. The number of methoxy groups -OCH3 is 1. The van der Waals surface area contributed by atoms with Crippen LogP contribution >= 0.6 is 0 Å². The van der Waals surface area contributed by atoms with Gasteiger partial charge in [0, 0.05) is 5.75 Å². The summed E-state index contributed by atoms with van der Waals surface area (Å²) in [6.07, 6.45) is -0.585.